The molecule has 2 fully saturated rings. The van der Waals surface area contributed by atoms with Crippen LogP contribution in [-0.4, -0.2) is 79.4 Å². The van der Waals surface area contributed by atoms with Crippen LogP contribution in [0.4, 0.5) is 4.79 Å². The van der Waals surface area contributed by atoms with Crippen molar-refractivity contribution in [3.05, 3.63) is 0 Å². The highest BCUT2D eigenvalue weighted by atomic mass is 16.6. The van der Waals surface area contributed by atoms with Crippen molar-refractivity contribution in [2.45, 2.75) is 71.9 Å². The van der Waals surface area contributed by atoms with Crippen LogP contribution in [0.5, 0.6) is 0 Å². The van der Waals surface area contributed by atoms with Crippen molar-refractivity contribution in [2.75, 3.05) is 45.9 Å². The van der Waals surface area contributed by atoms with Gasteiger partial charge in [-0.2, -0.15) is 0 Å². The van der Waals surface area contributed by atoms with Crippen molar-refractivity contribution >= 4 is 12.0 Å². The number of nitrogens with one attached hydrogen (secondary N) is 1. The highest BCUT2D eigenvalue weighted by Gasteiger charge is 2.39. The quantitative estimate of drug-likeness (QED) is 0.698. The normalized spacial score (nSPS) is 23.3. The summed E-state index contributed by atoms with van der Waals surface area (Å²) in [5.74, 6) is 0.116. The third kappa shape index (κ3) is 7.59. The van der Waals surface area contributed by atoms with Crippen molar-refractivity contribution in [2.24, 2.45) is 5.41 Å². The summed E-state index contributed by atoms with van der Waals surface area (Å²) in [4.78, 5) is 28.9. The SMILES string of the molecule is CC(C)(C)OC(=O)N1CC[C@H](NC(=O)CCCCN2CCOCC2)C(C)(C)C1. The Morgan fingerprint density at radius 3 is 2.43 bits per heavy atom. The Bertz CT molecular complexity index is 524. The minimum absolute atomic E-state index is 0.0814. The van der Waals surface area contributed by atoms with E-state index in [1.54, 1.807) is 4.90 Å². The Hall–Kier alpha value is -1.34. The summed E-state index contributed by atoms with van der Waals surface area (Å²) < 4.78 is 10.8. The fourth-order valence-electron chi connectivity index (χ4n) is 3.82. The van der Waals surface area contributed by atoms with Crippen LogP contribution in [0.25, 0.3) is 0 Å². The first-order valence-corrected chi connectivity index (χ1v) is 10.6. The monoisotopic (exact) mass is 397 g/mol. The van der Waals surface area contributed by atoms with Crippen molar-refractivity contribution in [1.82, 2.24) is 15.1 Å². The zero-order valence-corrected chi connectivity index (χ0v) is 18.4. The lowest BCUT2D eigenvalue weighted by atomic mass is 9.79. The van der Waals surface area contributed by atoms with E-state index in [0.717, 1.165) is 52.1 Å². The molecule has 0 aromatic carbocycles. The standard InChI is InChI=1S/C21H39N3O4/c1-20(2,3)28-19(26)24-11-9-17(21(4,5)16-24)22-18(25)8-6-7-10-23-12-14-27-15-13-23/h17H,6-16H2,1-5H3,(H,22,25)/t17-/m0/s1. The molecule has 7 heteroatoms. The zero-order valence-electron chi connectivity index (χ0n) is 18.4. The summed E-state index contributed by atoms with van der Waals surface area (Å²) in [5, 5.41) is 3.20. The molecule has 1 atom stereocenters. The number of ether oxygens (including phenoxy) is 2. The summed E-state index contributed by atoms with van der Waals surface area (Å²) in [7, 11) is 0. The van der Waals surface area contributed by atoms with Crippen molar-refractivity contribution in [1.29, 1.82) is 0 Å². The minimum atomic E-state index is -0.493. The van der Waals surface area contributed by atoms with Crippen LogP contribution in [0.1, 0.15) is 60.3 Å². The summed E-state index contributed by atoms with van der Waals surface area (Å²) >= 11 is 0. The number of carbonyl (C=O) groups is 2. The van der Waals surface area contributed by atoms with Gasteiger partial charge in [0.05, 0.1) is 13.2 Å². The number of carbonyl (C=O) groups excluding carboxylic acids is 2. The van der Waals surface area contributed by atoms with Gasteiger partial charge >= 0.3 is 6.09 Å². The molecule has 0 unspecified atom stereocenters. The van der Waals surface area contributed by atoms with Gasteiger partial charge in [-0.3, -0.25) is 9.69 Å². The Labute approximate surface area is 170 Å². The Morgan fingerprint density at radius 2 is 1.82 bits per heavy atom. The second-order valence-electron chi connectivity index (χ2n) is 9.71. The number of piperidine rings is 1. The van der Waals surface area contributed by atoms with Gasteiger partial charge in [0.15, 0.2) is 0 Å². The maximum atomic E-state index is 12.4. The summed E-state index contributed by atoms with van der Waals surface area (Å²) in [5.41, 5.74) is -0.674. The topological polar surface area (TPSA) is 71.1 Å². The maximum absolute atomic E-state index is 12.4. The van der Waals surface area contributed by atoms with E-state index in [2.05, 4.69) is 24.1 Å². The molecule has 2 rings (SSSR count). The van der Waals surface area contributed by atoms with E-state index in [0.29, 0.717) is 19.5 Å². The van der Waals surface area contributed by atoms with E-state index in [4.69, 9.17) is 9.47 Å². The molecule has 0 aromatic rings. The zero-order chi connectivity index (χ0) is 20.8. The third-order valence-corrected chi connectivity index (χ3v) is 5.45. The lowest BCUT2D eigenvalue weighted by Crippen LogP contribution is -2.57. The number of amides is 2. The van der Waals surface area contributed by atoms with Gasteiger partial charge in [-0.15, -0.1) is 0 Å². The second kappa shape index (κ2) is 9.92. The van der Waals surface area contributed by atoms with E-state index >= 15 is 0 Å². The van der Waals surface area contributed by atoms with Crippen LogP contribution in [0, 0.1) is 5.41 Å². The number of rotatable bonds is 6. The van der Waals surface area contributed by atoms with Gasteiger partial charge in [0.1, 0.15) is 5.60 Å². The number of hydrogen-bond acceptors (Lipinski definition) is 5. The Morgan fingerprint density at radius 1 is 1.14 bits per heavy atom. The van der Waals surface area contributed by atoms with Crippen molar-refractivity contribution < 1.29 is 19.1 Å². The predicted molar refractivity (Wildman–Crippen MR) is 109 cm³/mol. The minimum Gasteiger partial charge on any atom is -0.444 e. The van der Waals surface area contributed by atoms with Crippen molar-refractivity contribution in [3.8, 4) is 0 Å². The molecule has 0 aromatic heterocycles. The smallest absolute Gasteiger partial charge is 0.410 e. The fourth-order valence-corrected chi connectivity index (χ4v) is 3.82. The van der Waals surface area contributed by atoms with Gasteiger partial charge in [-0.1, -0.05) is 13.8 Å². The number of hydrogen-bond donors (Lipinski definition) is 1. The number of nitrogens with zero attached hydrogens (tertiary/aromatic N) is 2. The molecular weight excluding hydrogens is 358 g/mol. The average molecular weight is 398 g/mol. The Balaban J connectivity index is 1.70. The van der Waals surface area contributed by atoms with E-state index in [1.165, 1.54) is 0 Å². The number of morpholine rings is 1. The van der Waals surface area contributed by atoms with E-state index in [9.17, 15) is 9.59 Å². The molecule has 2 heterocycles. The van der Waals surface area contributed by atoms with Crippen LogP contribution < -0.4 is 5.32 Å². The molecule has 0 radical (unpaired) electrons. The van der Waals surface area contributed by atoms with Crippen molar-refractivity contribution in [3.63, 3.8) is 0 Å². The second-order valence-corrected chi connectivity index (χ2v) is 9.71. The number of unbranched alkanes of at least 4 members (excludes halogenated alkanes) is 1. The molecule has 7 nitrogen and oxygen atoms in total. The van der Waals surface area contributed by atoms with Gasteiger partial charge in [0.25, 0.3) is 0 Å². The average Bonchev–Trinajstić information content (AvgIpc) is 2.59. The summed E-state index contributed by atoms with van der Waals surface area (Å²) in [6, 6.07) is 0.0814. The lowest BCUT2D eigenvalue weighted by Gasteiger charge is -2.44. The molecule has 162 valence electrons. The molecule has 2 aliphatic rings. The van der Waals surface area contributed by atoms with Gasteiger partial charge in [-0.05, 0) is 46.6 Å². The van der Waals surface area contributed by atoms with Crippen LogP contribution in [-0.2, 0) is 14.3 Å². The van der Waals surface area contributed by atoms with Crippen LogP contribution in [0.2, 0.25) is 0 Å². The first-order chi connectivity index (χ1) is 13.1. The molecule has 28 heavy (non-hydrogen) atoms. The molecule has 0 bridgehead atoms. The van der Waals surface area contributed by atoms with Gasteiger partial charge in [0.2, 0.25) is 5.91 Å². The van der Waals surface area contributed by atoms with Crippen LogP contribution >= 0.6 is 0 Å². The summed E-state index contributed by atoms with van der Waals surface area (Å²) in [6.07, 6.45) is 2.99. The molecule has 2 saturated heterocycles. The predicted octanol–water partition coefficient (Wildman–Crippen LogP) is 2.64. The first-order valence-electron chi connectivity index (χ1n) is 10.6. The lowest BCUT2D eigenvalue weighted by molar-refractivity contribution is -0.123. The molecule has 1 N–H and O–H groups in total. The van der Waals surface area contributed by atoms with Gasteiger partial charge in [0, 0.05) is 44.1 Å². The molecule has 2 amide bonds. The molecular formula is C21H39N3O4. The van der Waals surface area contributed by atoms with E-state index in [1.807, 2.05) is 20.8 Å². The first kappa shape index (κ1) is 22.9. The molecule has 0 aliphatic carbocycles. The Kier molecular flexibility index (Phi) is 8.13. The van der Waals surface area contributed by atoms with Gasteiger partial charge < -0.3 is 19.7 Å². The van der Waals surface area contributed by atoms with Crippen LogP contribution in [0.3, 0.4) is 0 Å². The van der Waals surface area contributed by atoms with E-state index in [-0.39, 0.29) is 23.5 Å². The van der Waals surface area contributed by atoms with E-state index < -0.39 is 5.60 Å². The largest absolute Gasteiger partial charge is 0.444 e. The highest BCUT2D eigenvalue weighted by Crippen LogP contribution is 2.30. The van der Waals surface area contributed by atoms with Gasteiger partial charge in [-0.25, -0.2) is 4.79 Å². The molecule has 0 saturated carbocycles. The highest BCUT2D eigenvalue weighted by molar-refractivity contribution is 5.76. The van der Waals surface area contributed by atoms with Crippen LogP contribution in [0.15, 0.2) is 0 Å². The fraction of sp³-hybridized carbons (Fsp3) is 0.905. The maximum Gasteiger partial charge on any atom is 0.410 e. The molecule has 2 aliphatic heterocycles. The number of likely N-dealkylation sites (tertiary alicyclic amines) is 1. The third-order valence-electron chi connectivity index (χ3n) is 5.45. The summed E-state index contributed by atoms with van der Waals surface area (Å²) in [6.45, 7) is 15.7. The molecule has 0 spiro atoms.